The molecular formula is C18H21NO6S2. The lowest BCUT2D eigenvalue weighted by molar-refractivity contribution is 0.101. The summed E-state index contributed by atoms with van der Waals surface area (Å²) in [5.74, 6) is -0.0887. The summed E-state index contributed by atoms with van der Waals surface area (Å²) < 4.78 is 56.0. The molecule has 0 aliphatic carbocycles. The lowest BCUT2D eigenvalue weighted by Crippen LogP contribution is -2.30. The molecule has 0 N–H and O–H groups in total. The van der Waals surface area contributed by atoms with E-state index in [-0.39, 0.29) is 21.3 Å². The van der Waals surface area contributed by atoms with Gasteiger partial charge in [-0.25, -0.2) is 8.42 Å². The van der Waals surface area contributed by atoms with Crippen LogP contribution in [0, 0.1) is 0 Å². The second-order valence-corrected chi connectivity index (χ2v) is 9.16. The predicted octanol–water partition coefficient (Wildman–Crippen LogP) is 2.69. The monoisotopic (exact) mass is 411 g/mol. The van der Waals surface area contributed by atoms with Crippen LogP contribution in [-0.4, -0.2) is 40.0 Å². The van der Waals surface area contributed by atoms with Crippen LogP contribution in [0.5, 0.6) is 5.75 Å². The van der Waals surface area contributed by atoms with Gasteiger partial charge in [-0.05, 0) is 55.5 Å². The van der Waals surface area contributed by atoms with E-state index in [0.717, 1.165) is 0 Å². The highest BCUT2D eigenvalue weighted by Crippen LogP contribution is 2.22. The van der Waals surface area contributed by atoms with Gasteiger partial charge in [0.1, 0.15) is 10.6 Å². The third-order valence-corrected chi connectivity index (χ3v) is 7.25. The molecule has 0 fully saturated rings. The van der Waals surface area contributed by atoms with Crippen molar-refractivity contribution in [2.45, 2.75) is 30.6 Å². The van der Waals surface area contributed by atoms with Crippen molar-refractivity contribution in [3.63, 3.8) is 0 Å². The fraction of sp³-hybridized carbons (Fsp3) is 0.278. The molecule has 0 amide bonds. The zero-order valence-electron chi connectivity index (χ0n) is 15.2. The van der Waals surface area contributed by atoms with Crippen molar-refractivity contribution in [1.29, 1.82) is 0 Å². The van der Waals surface area contributed by atoms with Gasteiger partial charge in [0.2, 0.25) is 10.0 Å². The summed E-state index contributed by atoms with van der Waals surface area (Å²) in [6, 6.07) is 10.6. The summed E-state index contributed by atoms with van der Waals surface area (Å²) in [6.45, 7) is 5.49. The zero-order chi connectivity index (χ0) is 20.2. The van der Waals surface area contributed by atoms with Gasteiger partial charge in [-0.3, -0.25) is 4.79 Å². The fourth-order valence-corrected chi connectivity index (χ4v) is 4.80. The molecule has 0 saturated heterocycles. The van der Waals surface area contributed by atoms with Crippen molar-refractivity contribution in [2.24, 2.45) is 0 Å². The number of carbonyl (C=O) groups excluding carboxylic acids is 1. The van der Waals surface area contributed by atoms with Crippen LogP contribution in [0.15, 0.2) is 58.3 Å². The largest absolute Gasteiger partial charge is 0.379 e. The molecule has 2 aromatic rings. The maximum absolute atomic E-state index is 12.5. The third-order valence-electron chi connectivity index (χ3n) is 3.92. The molecule has 0 bridgehead atoms. The Morgan fingerprint density at radius 3 is 1.78 bits per heavy atom. The van der Waals surface area contributed by atoms with Gasteiger partial charge < -0.3 is 4.18 Å². The van der Waals surface area contributed by atoms with Crippen LogP contribution < -0.4 is 4.18 Å². The number of benzene rings is 2. The highest BCUT2D eigenvalue weighted by molar-refractivity contribution is 7.89. The standard InChI is InChI=1S/C18H21NO6S2/c1-4-19(5-2)26(21,22)17-10-12-18(13-11-17)27(23,24)25-16-8-6-15(7-9-16)14(3)20/h6-13H,4-5H2,1-3H3. The molecule has 0 atom stereocenters. The maximum Gasteiger partial charge on any atom is 0.339 e. The molecule has 0 saturated carbocycles. The minimum atomic E-state index is -4.13. The molecule has 146 valence electrons. The Hall–Kier alpha value is -2.23. The van der Waals surface area contributed by atoms with E-state index in [1.807, 2.05) is 0 Å². The summed E-state index contributed by atoms with van der Waals surface area (Å²) in [7, 11) is -7.80. The summed E-state index contributed by atoms with van der Waals surface area (Å²) in [5, 5.41) is 0. The van der Waals surface area contributed by atoms with Gasteiger partial charge in [-0.15, -0.1) is 0 Å². The molecule has 7 nitrogen and oxygen atoms in total. The Bertz CT molecular complexity index is 1010. The lowest BCUT2D eigenvalue weighted by Gasteiger charge is -2.18. The molecule has 0 heterocycles. The van der Waals surface area contributed by atoms with Crippen molar-refractivity contribution >= 4 is 25.9 Å². The van der Waals surface area contributed by atoms with E-state index in [1.54, 1.807) is 13.8 Å². The Kier molecular flexibility index (Phi) is 6.40. The van der Waals surface area contributed by atoms with Crippen LogP contribution in [0.3, 0.4) is 0 Å². The van der Waals surface area contributed by atoms with E-state index in [1.165, 1.54) is 59.8 Å². The molecule has 9 heteroatoms. The topological polar surface area (TPSA) is 97.8 Å². The molecular weight excluding hydrogens is 390 g/mol. The van der Waals surface area contributed by atoms with Crippen LogP contribution in [0.4, 0.5) is 0 Å². The van der Waals surface area contributed by atoms with E-state index in [4.69, 9.17) is 4.18 Å². The molecule has 0 aromatic heterocycles. The second-order valence-electron chi connectivity index (χ2n) is 5.68. The van der Waals surface area contributed by atoms with E-state index in [9.17, 15) is 21.6 Å². The van der Waals surface area contributed by atoms with Crippen LogP contribution in [0.25, 0.3) is 0 Å². The van der Waals surface area contributed by atoms with Gasteiger partial charge in [0.15, 0.2) is 5.78 Å². The van der Waals surface area contributed by atoms with E-state index < -0.39 is 20.1 Å². The third kappa shape index (κ3) is 4.74. The van der Waals surface area contributed by atoms with Gasteiger partial charge in [0.05, 0.1) is 4.90 Å². The SMILES string of the molecule is CCN(CC)S(=O)(=O)c1ccc(S(=O)(=O)Oc2ccc(C(C)=O)cc2)cc1. The van der Waals surface area contributed by atoms with Crippen molar-refractivity contribution in [1.82, 2.24) is 4.31 Å². The summed E-state index contributed by atoms with van der Waals surface area (Å²) in [5.41, 5.74) is 0.436. The van der Waals surface area contributed by atoms with Gasteiger partial charge in [0, 0.05) is 18.7 Å². The maximum atomic E-state index is 12.5. The van der Waals surface area contributed by atoms with Crippen LogP contribution >= 0.6 is 0 Å². The van der Waals surface area contributed by atoms with Gasteiger partial charge >= 0.3 is 10.1 Å². The Morgan fingerprint density at radius 1 is 0.852 bits per heavy atom. The summed E-state index contributed by atoms with van der Waals surface area (Å²) >= 11 is 0. The highest BCUT2D eigenvalue weighted by Gasteiger charge is 2.23. The summed E-state index contributed by atoms with van der Waals surface area (Å²) in [4.78, 5) is 11.1. The van der Waals surface area contributed by atoms with Crippen molar-refractivity contribution in [2.75, 3.05) is 13.1 Å². The number of ketones is 1. The first-order chi connectivity index (χ1) is 12.6. The van der Waals surface area contributed by atoms with Gasteiger partial charge in [-0.1, -0.05) is 13.8 Å². The first-order valence-electron chi connectivity index (χ1n) is 8.27. The van der Waals surface area contributed by atoms with Crippen molar-refractivity contribution in [3.8, 4) is 5.75 Å². The number of sulfonamides is 1. The molecule has 27 heavy (non-hydrogen) atoms. The zero-order valence-corrected chi connectivity index (χ0v) is 16.9. The number of hydrogen-bond acceptors (Lipinski definition) is 6. The number of carbonyl (C=O) groups is 1. The van der Waals surface area contributed by atoms with Crippen LogP contribution in [0.1, 0.15) is 31.1 Å². The highest BCUT2D eigenvalue weighted by atomic mass is 32.2. The average Bonchev–Trinajstić information content (AvgIpc) is 2.62. The number of rotatable bonds is 8. The Balaban J connectivity index is 2.26. The van der Waals surface area contributed by atoms with E-state index in [0.29, 0.717) is 18.7 Å². The molecule has 0 unspecified atom stereocenters. The van der Waals surface area contributed by atoms with Crippen LogP contribution in [0.2, 0.25) is 0 Å². The average molecular weight is 412 g/mol. The molecule has 0 aliphatic heterocycles. The second kappa shape index (κ2) is 8.20. The summed E-state index contributed by atoms with van der Waals surface area (Å²) in [6.07, 6.45) is 0. The minimum absolute atomic E-state index is 0.0101. The van der Waals surface area contributed by atoms with Crippen molar-refractivity contribution in [3.05, 3.63) is 54.1 Å². The Labute approximate surface area is 159 Å². The Morgan fingerprint density at radius 2 is 1.33 bits per heavy atom. The smallest absolute Gasteiger partial charge is 0.339 e. The number of Topliss-reactive ketones (excluding diaryl/α,β-unsaturated/α-hetero) is 1. The van der Waals surface area contributed by atoms with Crippen LogP contribution in [-0.2, 0) is 20.1 Å². The minimum Gasteiger partial charge on any atom is -0.379 e. The molecule has 0 radical (unpaired) electrons. The van der Waals surface area contributed by atoms with E-state index in [2.05, 4.69) is 0 Å². The number of hydrogen-bond donors (Lipinski definition) is 0. The first-order valence-corrected chi connectivity index (χ1v) is 11.1. The first kappa shape index (κ1) is 21.1. The predicted molar refractivity (Wildman–Crippen MR) is 101 cm³/mol. The van der Waals surface area contributed by atoms with Gasteiger partial charge in [-0.2, -0.15) is 12.7 Å². The molecule has 0 spiro atoms. The molecule has 2 rings (SSSR count). The molecule has 0 aliphatic rings. The molecule has 2 aromatic carbocycles. The fourth-order valence-electron chi connectivity index (χ4n) is 2.41. The quantitative estimate of drug-likeness (QED) is 0.489. The normalized spacial score (nSPS) is 12.1. The van der Waals surface area contributed by atoms with E-state index >= 15 is 0 Å². The van der Waals surface area contributed by atoms with Gasteiger partial charge in [0.25, 0.3) is 0 Å². The van der Waals surface area contributed by atoms with Crippen molar-refractivity contribution < 1.29 is 25.8 Å². The lowest BCUT2D eigenvalue weighted by atomic mass is 10.1. The number of nitrogens with zero attached hydrogens (tertiary/aromatic N) is 1.